The summed E-state index contributed by atoms with van der Waals surface area (Å²) in [5.74, 6) is 1.64. The van der Waals surface area contributed by atoms with Crippen molar-refractivity contribution < 1.29 is 25.2 Å². The van der Waals surface area contributed by atoms with E-state index in [0.717, 1.165) is 46.2 Å². The molecule has 0 saturated heterocycles. The van der Waals surface area contributed by atoms with Crippen LogP contribution < -0.4 is 22.9 Å². The van der Waals surface area contributed by atoms with Gasteiger partial charge >= 0.3 is 0 Å². The van der Waals surface area contributed by atoms with E-state index in [9.17, 15) is 8.42 Å². The number of hydrogen-bond acceptors (Lipinski definition) is 4. The zero-order valence-corrected chi connectivity index (χ0v) is 17.6. The van der Waals surface area contributed by atoms with Gasteiger partial charge in [0, 0.05) is 10.6 Å². The first-order valence-electron chi connectivity index (χ1n) is 8.51. The number of primary sulfonamides is 1. The van der Waals surface area contributed by atoms with Gasteiger partial charge in [0.25, 0.3) is 0 Å². The molecule has 0 aliphatic heterocycles. The fourth-order valence-electron chi connectivity index (χ4n) is 2.78. The highest BCUT2D eigenvalue weighted by molar-refractivity contribution is 7.89. The molecule has 1 heterocycles. The molecule has 0 aliphatic rings. The summed E-state index contributed by atoms with van der Waals surface area (Å²) in [4.78, 5) is 0.124. The van der Waals surface area contributed by atoms with E-state index in [-0.39, 0.29) is 17.3 Å². The highest BCUT2D eigenvalue weighted by atomic mass is 35.5. The Morgan fingerprint density at radius 2 is 1.79 bits per heavy atom. The Labute approximate surface area is 176 Å². The minimum absolute atomic E-state index is 0. The predicted molar refractivity (Wildman–Crippen MR) is 107 cm³/mol. The maximum Gasteiger partial charge on any atom is 0.238 e. The van der Waals surface area contributed by atoms with Crippen LogP contribution in [-0.4, -0.2) is 15.0 Å². The fraction of sp³-hybridized carbons (Fsp3) is 0.200. The van der Waals surface area contributed by atoms with E-state index in [0.29, 0.717) is 6.54 Å². The molecule has 0 fully saturated rings. The van der Waals surface area contributed by atoms with Crippen molar-refractivity contribution in [2.75, 3.05) is 6.54 Å². The van der Waals surface area contributed by atoms with Crippen LogP contribution in [0.5, 0.6) is 0 Å². The van der Waals surface area contributed by atoms with Crippen LogP contribution in [0.25, 0.3) is 11.3 Å². The molecule has 3 N–H and O–H groups in total. The van der Waals surface area contributed by atoms with Crippen molar-refractivity contribution in [3.8, 4) is 11.3 Å². The summed E-state index contributed by atoms with van der Waals surface area (Å²) in [6, 6.07) is 16.2. The molecule has 0 amide bonds. The minimum atomic E-state index is -3.64. The van der Waals surface area contributed by atoms with Crippen LogP contribution in [0.4, 0.5) is 0 Å². The van der Waals surface area contributed by atoms with Gasteiger partial charge in [0.05, 0.1) is 11.4 Å². The number of hydrogen-bond donors (Lipinski definition) is 2. The van der Waals surface area contributed by atoms with Gasteiger partial charge in [0.15, 0.2) is 0 Å². The topological polar surface area (TPSA) is 85.3 Å². The van der Waals surface area contributed by atoms with Crippen LogP contribution in [-0.2, 0) is 23.0 Å². The van der Waals surface area contributed by atoms with E-state index in [2.05, 4.69) is 5.32 Å². The highest BCUT2D eigenvalue weighted by Gasteiger charge is 2.09. The molecular weight excluding hydrogens is 419 g/mol. The van der Waals surface area contributed by atoms with Crippen molar-refractivity contribution >= 4 is 21.6 Å². The summed E-state index contributed by atoms with van der Waals surface area (Å²) < 4.78 is 28.4. The maximum absolute atomic E-state index is 11.3. The summed E-state index contributed by atoms with van der Waals surface area (Å²) in [7, 11) is -3.64. The van der Waals surface area contributed by atoms with Gasteiger partial charge < -0.3 is 22.1 Å². The number of halogens is 2. The van der Waals surface area contributed by atoms with Gasteiger partial charge in [-0.3, -0.25) is 0 Å². The summed E-state index contributed by atoms with van der Waals surface area (Å²) in [6.45, 7) is 3.31. The number of furan rings is 1. The highest BCUT2D eigenvalue weighted by Crippen LogP contribution is 2.29. The Morgan fingerprint density at radius 1 is 1.07 bits per heavy atom. The van der Waals surface area contributed by atoms with Gasteiger partial charge in [-0.15, -0.1) is 0 Å². The fourth-order valence-corrected chi connectivity index (χ4v) is 3.47. The molecular formula is C20H21Cl2N2O3S-. The molecule has 2 aromatic carbocycles. The molecule has 5 nitrogen and oxygen atoms in total. The molecule has 3 rings (SSSR count). The van der Waals surface area contributed by atoms with Crippen molar-refractivity contribution in [3.05, 3.63) is 76.5 Å². The molecule has 0 unspecified atom stereocenters. The number of sulfonamides is 1. The quantitative estimate of drug-likeness (QED) is 0.535. The van der Waals surface area contributed by atoms with E-state index < -0.39 is 10.0 Å². The van der Waals surface area contributed by atoms with Gasteiger partial charge in [0.2, 0.25) is 10.0 Å². The van der Waals surface area contributed by atoms with Crippen LogP contribution in [0.1, 0.15) is 16.9 Å². The van der Waals surface area contributed by atoms with Gasteiger partial charge in [-0.25, -0.2) is 13.6 Å². The summed E-state index contributed by atoms with van der Waals surface area (Å²) >= 11 is 6.17. The molecule has 8 heteroatoms. The first-order chi connectivity index (χ1) is 12.8. The third-order valence-electron chi connectivity index (χ3n) is 4.34. The average Bonchev–Trinajstić information content (AvgIpc) is 3.09. The smallest absolute Gasteiger partial charge is 0.238 e. The van der Waals surface area contributed by atoms with Gasteiger partial charge in [-0.2, -0.15) is 0 Å². The van der Waals surface area contributed by atoms with Crippen LogP contribution in [0.2, 0.25) is 5.02 Å². The van der Waals surface area contributed by atoms with Gasteiger partial charge in [0.1, 0.15) is 11.5 Å². The molecule has 0 saturated carbocycles. The monoisotopic (exact) mass is 439 g/mol. The first kappa shape index (κ1) is 22.5. The van der Waals surface area contributed by atoms with E-state index in [1.165, 1.54) is 12.1 Å². The average molecular weight is 440 g/mol. The lowest BCUT2D eigenvalue weighted by molar-refractivity contribution is -0.00000862. The Hall–Kier alpha value is -1.83. The SMILES string of the molecule is Cc1c(Cl)cccc1-c1ccc(CNCCc2ccc(S(N)(=O)=O)cc2)o1.[Cl-]. The summed E-state index contributed by atoms with van der Waals surface area (Å²) in [6.07, 6.45) is 0.770. The second-order valence-corrected chi connectivity index (χ2v) is 8.26. The molecule has 28 heavy (non-hydrogen) atoms. The Morgan fingerprint density at radius 3 is 2.46 bits per heavy atom. The lowest BCUT2D eigenvalue weighted by atomic mass is 10.1. The number of rotatable bonds is 7. The Balaban J connectivity index is 0.00000280. The Kier molecular flexibility index (Phi) is 7.69. The number of nitrogens with one attached hydrogen (secondary N) is 1. The summed E-state index contributed by atoms with van der Waals surface area (Å²) in [5.41, 5.74) is 3.02. The lowest BCUT2D eigenvalue weighted by Gasteiger charge is -2.06. The van der Waals surface area contributed by atoms with Crippen molar-refractivity contribution in [1.82, 2.24) is 5.32 Å². The van der Waals surface area contributed by atoms with E-state index in [4.69, 9.17) is 21.2 Å². The summed E-state index contributed by atoms with van der Waals surface area (Å²) in [5, 5.41) is 9.14. The molecule has 150 valence electrons. The van der Waals surface area contributed by atoms with E-state index >= 15 is 0 Å². The van der Waals surface area contributed by atoms with E-state index in [1.54, 1.807) is 12.1 Å². The van der Waals surface area contributed by atoms with Crippen LogP contribution in [0.3, 0.4) is 0 Å². The number of benzene rings is 2. The molecule has 0 aliphatic carbocycles. The van der Waals surface area contributed by atoms with Crippen molar-refractivity contribution in [3.63, 3.8) is 0 Å². The molecule has 0 radical (unpaired) electrons. The third kappa shape index (κ3) is 5.59. The third-order valence-corrected chi connectivity index (χ3v) is 5.68. The van der Waals surface area contributed by atoms with Crippen LogP contribution in [0.15, 0.2) is 63.9 Å². The lowest BCUT2D eigenvalue weighted by Crippen LogP contribution is -3.00. The first-order valence-corrected chi connectivity index (χ1v) is 10.4. The zero-order chi connectivity index (χ0) is 19.4. The van der Waals surface area contributed by atoms with Crippen LogP contribution >= 0.6 is 11.6 Å². The zero-order valence-electron chi connectivity index (χ0n) is 15.3. The van der Waals surface area contributed by atoms with Gasteiger partial charge in [-0.05, 0) is 61.3 Å². The molecule has 0 spiro atoms. The van der Waals surface area contributed by atoms with Gasteiger partial charge in [-0.1, -0.05) is 35.9 Å². The molecule has 0 bridgehead atoms. The standard InChI is InChI=1S/C20H21ClN2O3S.ClH/c1-14-18(3-2-4-19(14)21)20-10-7-16(26-20)13-23-12-11-15-5-8-17(9-6-15)27(22,24)25;/h2-10,23H,11-13H2,1H3,(H2,22,24,25);1H/p-1. The van der Waals surface area contributed by atoms with E-state index in [1.807, 2.05) is 37.3 Å². The van der Waals surface area contributed by atoms with Crippen molar-refractivity contribution in [1.29, 1.82) is 0 Å². The largest absolute Gasteiger partial charge is 1.00 e. The molecule has 1 aromatic heterocycles. The maximum atomic E-state index is 11.3. The molecule has 3 aromatic rings. The molecule has 0 atom stereocenters. The Bertz CT molecular complexity index is 1030. The second kappa shape index (κ2) is 9.58. The normalized spacial score (nSPS) is 11.2. The van der Waals surface area contributed by atoms with Crippen molar-refractivity contribution in [2.24, 2.45) is 5.14 Å². The minimum Gasteiger partial charge on any atom is -1.00 e. The number of nitrogens with two attached hydrogens (primary N) is 1. The van der Waals surface area contributed by atoms with Crippen LogP contribution in [0, 0.1) is 6.92 Å². The second-order valence-electron chi connectivity index (χ2n) is 6.29. The predicted octanol–water partition coefficient (Wildman–Crippen LogP) is 0.892. The van der Waals surface area contributed by atoms with Crippen molar-refractivity contribution in [2.45, 2.75) is 24.8 Å².